The third-order valence-electron chi connectivity index (χ3n) is 12.8. The molecule has 0 saturated carbocycles. The first-order chi connectivity index (χ1) is 28.6. The largest absolute Gasteiger partial charge is 0.373 e. The molecular weight excluding hydrogens is 721 g/mol. The number of nitrogens with zero attached hydrogens (tertiary/aromatic N) is 1. The summed E-state index contributed by atoms with van der Waals surface area (Å²) in [6.45, 7) is 7.02. The van der Waals surface area contributed by atoms with Gasteiger partial charge < -0.3 is 5.32 Å². The summed E-state index contributed by atoms with van der Waals surface area (Å²) in [7, 11) is 1.93. The lowest BCUT2D eigenvalue weighted by molar-refractivity contribution is 0.629. The zero-order valence-electron chi connectivity index (χ0n) is 32.5. The highest BCUT2D eigenvalue weighted by atomic mass is 32.2. The standard InChI is InChI=1S/C55H40N2S/c1-35-50(58-38-21-8-5-9-22-38)34-33-42-51-39(36(2)57-53(56-3)37-19-6-4-7-20-37)25-18-32-49(51)55(52(35)42)47-30-16-14-28-45(47)54(46-29-15-17-31-48(46)55)43-26-12-10-23-40(43)41-24-11-13-27-44(41)54/h4-34H,2H2,1,3H3,(H,56,57). The van der Waals surface area contributed by atoms with E-state index in [1.807, 2.05) is 37.0 Å². The molecule has 0 bridgehead atoms. The Kier molecular flexibility index (Phi) is 7.86. The molecular formula is C55H40N2S. The Morgan fingerprint density at radius 3 is 1.59 bits per heavy atom. The van der Waals surface area contributed by atoms with Crippen LogP contribution in [0, 0.1) is 6.92 Å². The average Bonchev–Trinajstić information content (AvgIpc) is 3.75. The minimum absolute atomic E-state index is 0.498. The molecule has 0 atom stereocenters. The van der Waals surface area contributed by atoms with Gasteiger partial charge in [-0.2, -0.15) is 0 Å². The Bertz CT molecular complexity index is 2900. The maximum absolute atomic E-state index is 5.22. The van der Waals surface area contributed by atoms with Crippen LogP contribution in [0.15, 0.2) is 209 Å². The van der Waals surface area contributed by atoms with Gasteiger partial charge in [0.05, 0.1) is 16.5 Å². The first-order valence-electron chi connectivity index (χ1n) is 20.0. The van der Waals surface area contributed by atoms with Gasteiger partial charge >= 0.3 is 0 Å². The molecule has 3 aliphatic carbocycles. The fourth-order valence-corrected chi connectivity index (χ4v) is 11.6. The second-order valence-electron chi connectivity index (χ2n) is 15.5. The molecule has 3 heteroatoms. The number of nitrogens with one attached hydrogen (secondary N) is 1. The fraction of sp³-hybridized carbons (Fsp3) is 0.0727. The molecule has 11 rings (SSSR count). The van der Waals surface area contributed by atoms with E-state index in [2.05, 4.69) is 189 Å². The number of aliphatic imine (C=N–C) groups is 1. The Hall–Kier alpha value is -6.68. The van der Waals surface area contributed by atoms with E-state index < -0.39 is 10.8 Å². The van der Waals surface area contributed by atoms with Gasteiger partial charge in [0.1, 0.15) is 5.84 Å². The Morgan fingerprint density at radius 1 is 0.500 bits per heavy atom. The molecule has 0 fully saturated rings. The molecule has 0 aromatic heterocycles. The highest BCUT2D eigenvalue weighted by Gasteiger charge is 2.59. The van der Waals surface area contributed by atoms with E-state index in [0.717, 1.165) is 22.7 Å². The zero-order chi connectivity index (χ0) is 39.0. The lowest BCUT2D eigenvalue weighted by Crippen LogP contribution is -2.44. The molecule has 1 N–H and O–H groups in total. The van der Waals surface area contributed by atoms with Gasteiger partial charge in [0.25, 0.3) is 0 Å². The third kappa shape index (κ3) is 4.59. The summed E-state index contributed by atoms with van der Waals surface area (Å²) in [4.78, 5) is 7.70. The molecule has 3 aliphatic rings. The molecule has 0 heterocycles. The van der Waals surface area contributed by atoms with Gasteiger partial charge in [0.2, 0.25) is 0 Å². The van der Waals surface area contributed by atoms with Crippen LogP contribution in [0.1, 0.15) is 61.2 Å². The van der Waals surface area contributed by atoms with Crippen LogP contribution < -0.4 is 5.32 Å². The molecule has 0 unspecified atom stereocenters. The van der Waals surface area contributed by atoms with Gasteiger partial charge in [-0.25, -0.2) is 4.99 Å². The lowest BCUT2D eigenvalue weighted by atomic mass is 9.52. The SMILES string of the molecule is C=C(/N=C(\NC)c1ccccc1)c1cccc2c1-c1ccc(Sc3ccccc3)c(C)c1C21c2ccccc2C2(c3ccccc3-c3ccccc32)c2ccccc21. The Morgan fingerprint density at radius 2 is 1.00 bits per heavy atom. The lowest BCUT2D eigenvalue weighted by Gasteiger charge is -2.49. The van der Waals surface area contributed by atoms with Crippen molar-refractivity contribution in [1.29, 1.82) is 0 Å². The molecule has 276 valence electrons. The first kappa shape index (κ1) is 34.6. The summed E-state index contributed by atoms with van der Waals surface area (Å²) in [6, 6.07) is 69.3. The summed E-state index contributed by atoms with van der Waals surface area (Å²) in [5, 5.41) is 3.36. The predicted octanol–water partition coefficient (Wildman–Crippen LogP) is 12.8. The summed E-state index contributed by atoms with van der Waals surface area (Å²) in [5.74, 6) is 0.788. The number of fused-ring (bicyclic) bond motifs is 16. The molecule has 0 amide bonds. The molecule has 58 heavy (non-hydrogen) atoms. The van der Waals surface area contributed by atoms with E-state index in [0.29, 0.717) is 0 Å². The monoisotopic (exact) mass is 760 g/mol. The highest BCUT2D eigenvalue weighted by molar-refractivity contribution is 7.99. The number of hydrogen-bond acceptors (Lipinski definition) is 2. The topological polar surface area (TPSA) is 24.4 Å². The second-order valence-corrected chi connectivity index (χ2v) is 16.6. The van der Waals surface area contributed by atoms with Crippen LogP contribution in [0.3, 0.4) is 0 Å². The second kappa shape index (κ2) is 13.2. The van der Waals surface area contributed by atoms with Crippen LogP contribution in [0.5, 0.6) is 0 Å². The number of benzene rings is 8. The van der Waals surface area contributed by atoms with Gasteiger partial charge in [-0.1, -0.05) is 188 Å². The summed E-state index contributed by atoms with van der Waals surface area (Å²) in [6.07, 6.45) is 0. The van der Waals surface area contributed by atoms with E-state index in [1.165, 1.54) is 82.1 Å². The average molecular weight is 761 g/mol. The van der Waals surface area contributed by atoms with Crippen molar-refractivity contribution in [2.75, 3.05) is 7.05 Å². The minimum Gasteiger partial charge on any atom is -0.373 e. The summed E-state index contributed by atoms with van der Waals surface area (Å²) in [5.41, 5.74) is 18.5. The van der Waals surface area contributed by atoms with Gasteiger partial charge in [-0.3, -0.25) is 0 Å². The van der Waals surface area contributed by atoms with E-state index in [1.54, 1.807) is 0 Å². The van der Waals surface area contributed by atoms with Crippen molar-refractivity contribution >= 4 is 23.3 Å². The van der Waals surface area contributed by atoms with Crippen molar-refractivity contribution in [3.05, 3.63) is 256 Å². The summed E-state index contributed by atoms with van der Waals surface area (Å²) < 4.78 is 0. The van der Waals surface area contributed by atoms with Crippen molar-refractivity contribution in [2.24, 2.45) is 4.99 Å². The van der Waals surface area contributed by atoms with Crippen molar-refractivity contribution in [2.45, 2.75) is 27.5 Å². The van der Waals surface area contributed by atoms with Gasteiger partial charge in [0, 0.05) is 28.0 Å². The smallest absolute Gasteiger partial charge is 0.133 e. The Labute approximate surface area is 344 Å². The number of hydrogen-bond donors (Lipinski definition) is 1. The normalized spacial score (nSPS) is 14.6. The maximum atomic E-state index is 5.22. The van der Waals surface area contributed by atoms with E-state index in [-0.39, 0.29) is 0 Å². The van der Waals surface area contributed by atoms with Gasteiger partial charge in [-0.15, -0.1) is 0 Å². The van der Waals surface area contributed by atoms with Crippen LogP contribution in [0.4, 0.5) is 0 Å². The van der Waals surface area contributed by atoms with Crippen LogP contribution in [-0.2, 0) is 10.8 Å². The van der Waals surface area contributed by atoms with Crippen LogP contribution in [-0.4, -0.2) is 12.9 Å². The quantitative estimate of drug-likeness (QED) is 0.140. The highest BCUT2D eigenvalue weighted by Crippen LogP contribution is 2.68. The first-order valence-corrected chi connectivity index (χ1v) is 20.8. The minimum atomic E-state index is -0.627. The van der Waals surface area contributed by atoms with Crippen molar-refractivity contribution in [3.63, 3.8) is 0 Å². The number of amidine groups is 1. The van der Waals surface area contributed by atoms with Crippen molar-refractivity contribution in [3.8, 4) is 22.3 Å². The van der Waals surface area contributed by atoms with Gasteiger partial charge in [0.15, 0.2) is 0 Å². The summed E-state index contributed by atoms with van der Waals surface area (Å²) >= 11 is 1.84. The Balaban J connectivity index is 1.26. The maximum Gasteiger partial charge on any atom is 0.133 e. The van der Waals surface area contributed by atoms with Crippen LogP contribution in [0.25, 0.3) is 28.0 Å². The van der Waals surface area contributed by atoms with Crippen molar-refractivity contribution < 1.29 is 0 Å². The van der Waals surface area contributed by atoms with Crippen LogP contribution in [0.2, 0.25) is 0 Å². The van der Waals surface area contributed by atoms with E-state index >= 15 is 0 Å². The molecule has 0 saturated heterocycles. The zero-order valence-corrected chi connectivity index (χ0v) is 33.3. The van der Waals surface area contributed by atoms with E-state index in [4.69, 9.17) is 4.99 Å². The van der Waals surface area contributed by atoms with Crippen LogP contribution >= 0.6 is 11.8 Å². The molecule has 0 radical (unpaired) electrons. The molecule has 8 aromatic rings. The fourth-order valence-electron chi connectivity index (χ4n) is 10.6. The molecule has 8 aromatic carbocycles. The number of rotatable bonds is 5. The van der Waals surface area contributed by atoms with Crippen molar-refractivity contribution in [1.82, 2.24) is 5.32 Å². The van der Waals surface area contributed by atoms with Gasteiger partial charge in [-0.05, 0) is 97.4 Å². The van der Waals surface area contributed by atoms with E-state index in [9.17, 15) is 0 Å². The molecule has 2 spiro atoms. The third-order valence-corrected chi connectivity index (χ3v) is 13.9. The predicted molar refractivity (Wildman–Crippen MR) is 241 cm³/mol. The molecule has 0 aliphatic heterocycles. The molecule has 2 nitrogen and oxygen atoms in total.